The summed E-state index contributed by atoms with van der Waals surface area (Å²) in [6.07, 6.45) is 4.77. The van der Waals surface area contributed by atoms with Crippen molar-refractivity contribution in [1.29, 1.82) is 0 Å². The maximum absolute atomic E-state index is 15.5. The smallest absolute Gasteiger partial charge is 0.341 e. The number of amides is 1. The summed E-state index contributed by atoms with van der Waals surface area (Å²) in [7, 11) is 0. The van der Waals surface area contributed by atoms with Crippen molar-refractivity contribution in [2.24, 2.45) is 17.6 Å². The van der Waals surface area contributed by atoms with E-state index in [0.29, 0.717) is 35.8 Å². The Morgan fingerprint density at radius 1 is 1.29 bits per heavy atom. The van der Waals surface area contributed by atoms with Gasteiger partial charge in [-0.05, 0) is 75.5 Å². The Morgan fingerprint density at radius 2 is 1.97 bits per heavy atom. The molecule has 190 valence electrons. The predicted molar refractivity (Wildman–Crippen MR) is 133 cm³/mol. The average molecular weight is 507 g/mol. The first kappa shape index (κ1) is 25.4. The van der Waals surface area contributed by atoms with Gasteiger partial charge in [-0.3, -0.25) is 14.0 Å². The molecule has 2 aromatic heterocycles. The Kier molecular flexibility index (Phi) is 6.38. The van der Waals surface area contributed by atoms with Gasteiger partial charge in [0.1, 0.15) is 5.56 Å². The molecule has 10 heteroatoms. The van der Waals surface area contributed by atoms with Crippen molar-refractivity contribution in [3.63, 3.8) is 0 Å². The first-order chi connectivity index (χ1) is 16.0. The Morgan fingerprint density at radius 3 is 2.57 bits per heavy atom. The summed E-state index contributed by atoms with van der Waals surface area (Å²) in [4.78, 5) is 38.9. The van der Waals surface area contributed by atoms with E-state index in [-0.39, 0.29) is 35.7 Å². The Balaban J connectivity index is 0.00000289. The fourth-order valence-electron chi connectivity index (χ4n) is 6.18. The van der Waals surface area contributed by atoms with E-state index < -0.39 is 28.9 Å². The Labute approximate surface area is 209 Å². The second-order valence-corrected chi connectivity index (χ2v) is 10.6. The number of nitrogens with two attached hydrogens (primary N) is 1. The minimum atomic E-state index is -1.30. The standard InChI is InChI=1S/C25H31FN4O4.ClH/c1-12-20-16(14-4-5-14)8-17(24(33)34)23(32)30(20)11-19(26)21(12)29-9-15-6-7-25(3,18(15)10-29)28-22(31)13(2)27;/h8,11,13-15,18H,4-7,9-10,27H2,1-3H3,(H,28,31)(H,33,34);1H/t13-,15?,18?,25?;/m0./s1. The molecule has 35 heavy (non-hydrogen) atoms. The highest BCUT2D eigenvalue weighted by molar-refractivity contribution is 5.89. The highest BCUT2D eigenvalue weighted by Gasteiger charge is 2.51. The molecule has 2 saturated carbocycles. The average Bonchev–Trinajstić information content (AvgIpc) is 3.44. The van der Waals surface area contributed by atoms with Crippen LogP contribution in [0, 0.1) is 24.6 Å². The van der Waals surface area contributed by atoms with Crippen LogP contribution in [-0.4, -0.2) is 46.1 Å². The van der Waals surface area contributed by atoms with Crippen LogP contribution < -0.4 is 21.5 Å². The fourth-order valence-corrected chi connectivity index (χ4v) is 6.18. The SMILES string of the molecule is Cc1c(N2CC3CCC(C)(NC(=O)[C@H](C)N)C3C2)c(F)cn2c(=O)c(C(=O)O)cc(C3CC3)c12.Cl. The fraction of sp³-hybridized carbons (Fsp3) is 0.560. The normalized spacial score (nSPS) is 26.4. The first-order valence-corrected chi connectivity index (χ1v) is 12.0. The summed E-state index contributed by atoms with van der Waals surface area (Å²) in [6.45, 7) is 6.77. The quantitative estimate of drug-likeness (QED) is 0.574. The van der Waals surface area contributed by atoms with Crippen LogP contribution in [0.1, 0.15) is 66.9 Å². The lowest BCUT2D eigenvalue weighted by Crippen LogP contribution is -2.54. The molecule has 1 saturated heterocycles. The lowest BCUT2D eigenvalue weighted by Gasteiger charge is -2.34. The molecule has 0 radical (unpaired) electrons. The molecule has 3 fully saturated rings. The number of anilines is 1. The van der Waals surface area contributed by atoms with Crippen molar-refractivity contribution in [2.75, 3.05) is 18.0 Å². The van der Waals surface area contributed by atoms with Crippen molar-refractivity contribution < 1.29 is 19.1 Å². The second kappa shape index (κ2) is 8.78. The highest BCUT2D eigenvalue weighted by Crippen LogP contribution is 2.48. The number of rotatable bonds is 5. The van der Waals surface area contributed by atoms with Crippen molar-refractivity contribution >= 4 is 35.5 Å². The third-order valence-electron chi connectivity index (χ3n) is 8.12. The lowest BCUT2D eigenvalue weighted by atomic mass is 9.86. The van der Waals surface area contributed by atoms with Gasteiger partial charge in [-0.2, -0.15) is 0 Å². The summed E-state index contributed by atoms with van der Waals surface area (Å²) < 4.78 is 16.7. The zero-order valence-corrected chi connectivity index (χ0v) is 21.0. The van der Waals surface area contributed by atoms with Gasteiger partial charge in [0, 0.05) is 24.5 Å². The third kappa shape index (κ3) is 4.08. The van der Waals surface area contributed by atoms with Crippen molar-refractivity contribution in [3.8, 4) is 0 Å². The van der Waals surface area contributed by atoms with Crippen LogP contribution in [0.15, 0.2) is 17.1 Å². The molecule has 1 aliphatic heterocycles. The molecular weight excluding hydrogens is 475 g/mol. The van der Waals surface area contributed by atoms with Crippen LogP contribution in [0.4, 0.5) is 10.1 Å². The first-order valence-electron chi connectivity index (χ1n) is 12.0. The number of nitrogens with zero attached hydrogens (tertiary/aromatic N) is 2. The van der Waals surface area contributed by atoms with E-state index in [1.165, 1.54) is 10.5 Å². The summed E-state index contributed by atoms with van der Waals surface area (Å²) in [5.74, 6) is -1.38. The molecule has 0 spiro atoms. The molecule has 1 amide bonds. The monoisotopic (exact) mass is 506 g/mol. The van der Waals surface area contributed by atoms with E-state index in [9.17, 15) is 19.5 Å². The van der Waals surface area contributed by atoms with Gasteiger partial charge in [-0.25, -0.2) is 9.18 Å². The number of hydrogen-bond donors (Lipinski definition) is 3. The molecule has 5 rings (SSSR count). The molecule has 4 N–H and O–H groups in total. The van der Waals surface area contributed by atoms with E-state index in [0.717, 1.165) is 37.4 Å². The van der Waals surface area contributed by atoms with E-state index in [4.69, 9.17) is 5.73 Å². The number of pyridine rings is 2. The van der Waals surface area contributed by atoms with Gasteiger partial charge in [0.05, 0.1) is 23.4 Å². The number of aryl methyl sites for hydroxylation is 1. The molecule has 4 atom stereocenters. The number of nitrogens with one attached hydrogen (secondary N) is 1. The number of carbonyl (C=O) groups excluding carboxylic acids is 1. The van der Waals surface area contributed by atoms with Crippen molar-refractivity contribution in [3.05, 3.63) is 45.1 Å². The predicted octanol–water partition coefficient (Wildman–Crippen LogP) is 2.81. The number of aromatic carboxylic acids is 1. The molecule has 3 unspecified atom stereocenters. The van der Waals surface area contributed by atoms with E-state index >= 15 is 4.39 Å². The van der Waals surface area contributed by atoms with Gasteiger partial charge in [0.25, 0.3) is 5.56 Å². The summed E-state index contributed by atoms with van der Waals surface area (Å²) in [6, 6.07) is 0.884. The Bertz CT molecular complexity index is 1270. The molecule has 3 heterocycles. The van der Waals surface area contributed by atoms with Crippen LogP contribution in [0.5, 0.6) is 0 Å². The van der Waals surface area contributed by atoms with Gasteiger partial charge in [-0.15, -0.1) is 12.4 Å². The largest absolute Gasteiger partial charge is 0.477 e. The number of carboxylic acid groups (broad SMARTS) is 1. The van der Waals surface area contributed by atoms with Crippen LogP contribution in [0.2, 0.25) is 0 Å². The maximum atomic E-state index is 15.5. The molecule has 2 aliphatic carbocycles. The summed E-state index contributed by atoms with van der Waals surface area (Å²) in [5, 5.41) is 12.6. The van der Waals surface area contributed by atoms with Crippen molar-refractivity contribution in [1.82, 2.24) is 9.72 Å². The summed E-state index contributed by atoms with van der Waals surface area (Å²) in [5.41, 5.74) is 6.83. The highest BCUT2D eigenvalue weighted by atomic mass is 35.5. The minimum Gasteiger partial charge on any atom is -0.477 e. The number of carbonyl (C=O) groups is 2. The minimum absolute atomic E-state index is 0. The number of aromatic nitrogens is 1. The zero-order chi connectivity index (χ0) is 24.5. The van der Waals surface area contributed by atoms with Crippen molar-refractivity contribution in [2.45, 2.75) is 64.0 Å². The van der Waals surface area contributed by atoms with Gasteiger partial charge < -0.3 is 21.1 Å². The van der Waals surface area contributed by atoms with Gasteiger partial charge in [-0.1, -0.05) is 0 Å². The number of fused-ring (bicyclic) bond motifs is 2. The zero-order valence-electron chi connectivity index (χ0n) is 20.1. The van der Waals surface area contributed by atoms with E-state index in [2.05, 4.69) is 5.32 Å². The third-order valence-corrected chi connectivity index (χ3v) is 8.12. The summed E-state index contributed by atoms with van der Waals surface area (Å²) >= 11 is 0. The van der Waals surface area contributed by atoms with Crippen LogP contribution in [0.25, 0.3) is 5.52 Å². The number of halogens is 2. The topological polar surface area (TPSA) is 117 Å². The van der Waals surface area contributed by atoms with Gasteiger partial charge in [0.2, 0.25) is 5.91 Å². The van der Waals surface area contributed by atoms with Crippen LogP contribution in [-0.2, 0) is 4.79 Å². The van der Waals surface area contributed by atoms with Gasteiger partial charge in [0.15, 0.2) is 5.82 Å². The van der Waals surface area contributed by atoms with Gasteiger partial charge >= 0.3 is 5.97 Å². The second-order valence-electron chi connectivity index (χ2n) is 10.6. The van der Waals surface area contributed by atoms with E-state index in [1.807, 2.05) is 18.7 Å². The van der Waals surface area contributed by atoms with Crippen LogP contribution in [0.3, 0.4) is 0 Å². The Hall–Kier alpha value is -2.65. The molecule has 8 nitrogen and oxygen atoms in total. The molecule has 3 aliphatic rings. The molecule has 0 bridgehead atoms. The van der Waals surface area contributed by atoms with E-state index in [1.54, 1.807) is 6.92 Å². The van der Waals surface area contributed by atoms with Crippen LogP contribution >= 0.6 is 12.4 Å². The number of carboxylic acids is 1. The lowest BCUT2D eigenvalue weighted by molar-refractivity contribution is -0.124. The maximum Gasteiger partial charge on any atom is 0.341 e. The molecular formula is C25H32ClFN4O4. The molecule has 0 aromatic carbocycles. The number of hydrogen-bond acceptors (Lipinski definition) is 5. The molecule has 2 aromatic rings.